The van der Waals surface area contributed by atoms with Gasteiger partial charge >= 0.3 is 5.97 Å². The number of hydrogen-bond acceptors (Lipinski definition) is 4. The van der Waals surface area contributed by atoms with Gasteiger partial charge in [0.1, 0.15) is 6.54 Å². The second kappa shape index (κ2) is 8.74. The van der Waals surface area contributed by atoms with Gasteiger partial charge in [-0.2, -0.15) is 0 Å². The van der Waals surface area contributed by atoms with Gasteiger partial charge in [0.25, 0.3) is 0 Å². The molecule has 0 bridgehead atoms. The van der Waals surface area contributed by atoms with Crippen molar-refractivity contribution in [1.29, 1.82) is 0 Å². The predicted octanol–water partition coefficient (Wildman–Crippen LogP) is 0.752. The van der Waals surface area contributed by atoms with Gasteiger partial charge < -0.3 is 20.3 Å². The lowest BCUT2D eigenvalue weighted by molar-refractivity contribution is -0.146. The van der Waals surface area contributed by atoms with E-state index < -0.39 is 0 Å². The summed E-state index contributed by atoms with van der Waals surface area (Å²) in [6, 6.07) is 0. The number of amides is 1. The van der Waals surface area contributed by atoms with Crippen LogP contribution in [-0.4, -0.2) is 61.6 Å². The van der Waals surface area contributed by atoms with Gasteiger partial charge in [0.05, 0.1) is 13.0 Å². The van der Waals surface area contributed by atoms with Gasteiger partial charge in [-0.15, -0.1) is 0 Å². The fourth-order valence-electron chi connectivity index (χ4n) is 2.52. The molecule has 132 valence electrons. The van der Waals surface area contributed by atoms with Crippen LogP contribution in [0, 0.1) is 5.92 Å². The van der Waals surface area contributed by atoms with Gasteiger partial charge in [-0.1, -0.05) is 0 Å². The monoisotopic (exact) mass is 326 g/mol. The molecular weight excluding hydrogens is 296 g/mol. The highest BCUT2D eigenvalue weighted by atomic mass is 16.5. The summed E-state index contributed by atoms with van der Waals surface area (Å²) in [6.07, 6.45) is 1.48. The van der Waals surface area contributed by atoms with E-state index in [1.807, 2.05) is 27.7 Å². The average molecular weight is 326 g/mol. The molecule has 2 N–H and O–H groups in total. The molecule has 0 aromatic rings. The number of rotatable bonds is 4. The van der Waals surface area contributed by atoms with Gasteiger partial charge in [-0.05, 0) is 40.5 Å². The summed E-state index contributed by atoms with van der Waals surface area (Å²) in [6.45, 7) is 10.1. The van der Waals surface area contributed by atoms with E-state index in [0.717, 1.165) is 38.4 Å². The van der Waals surface area contributed by atoms with Gasteiger partial charge in [0, 0.05) is 25.2 Å². The summed E-state index contributed by atoms with van der Waals surface area (Å²) in [5.74, 6) is 0.441. The lowest BCUT2D eigenvalue weighted by Crippen LogP contribution is -2.47. The summed E-state index contributed by atoms with van der Waals surface area (Å²) >= 11 is 0. The quantitative estimate of drug-likeness (QED) is 0.452. The number of esters is 1. The maximum absolute atomic E-state index is 11.9. The molecule has 1 amide bonds. The van der Waals surface area contributed by atoms with Crippen LogP contribution in [0.15, 0.2) is 4.99 Å². The third-order valence-electron chi connectivity index (χ3n) is 3.55. The predicted molar refractivity (Wildman–Crippen MR) is 90.2 cm³/mol. The number of guanidine groups is 1. The Kier molecular flexibility index (Phi) is 7.32. The molecule has 7 nitrogen and oxygen atoms in total. The molecule has 0 unspecified atom stereocenters. The number of carbonyl (C=O) groups excluding carboxylic acids is 2. The number of piperidine rings is 1. The number of nitrogens with one attached hydrogen (secondary N) is 2. The van der Waals surface area contributed by atoms with Crippen LogP contribution >= 0.6 is 0 Å². The normalized spacial score (nSPS) is 16.9. The minimum atomic E-state index is -0.260. The molecule has 0 aromatic carbocycles. The Morgan fingerprint density at radius 2 is 1.87 bits per heavy atom. The zero-order chi connectivity index (χ0) is 17.5. The number of methoxy groups -OCH3 is 1. The van der Waals surface area contributed by atoms with Crippen molar-refractivity contribution in [2.75, 3.05) is 33.3 Å². The number of likely N-dealkylation sites (tertiary alicyclic amines) is 1. The third kappa shape index (κ3) is 6.88. The summed E-state index contributed by atoms with van der Waals surface area (Å²) in [7, 11) is 1.42. The van der Waals surface area contributed by atoms with Crippen molar-refractivity contribution in [3.63, 3.8) is 0 Å². The van der Waals surface area contributed by atoms with Crippen LogP contribution in [-0.2, 0) is 14.3 Å². The van der Waals surface area contributed by atoms with E-state index in [0.29, 0.717) is 0 Å². The molecule has 23 heavy (non-hydrogen) atoms. The Morgan fingerprint density at radius 3 is 2.35 bits per heavy atom. The van der Waals surface area contributed by atoms with E-state index >= 15 is 0 Å². The number of nitrogens with zero attached hydrogens (tertiary/aromatic N) is 2. The minimum absolute atomic E-state index is 0.0386. The SMILES string of the molecule is CCNC(=NCC(=O)NC(C)(C)C)N1CCC(C(=O)OC)CC1. The second-order valence-electron chi connectivity index (χ2n) is 6.75. The van der Waals surface area contributed by atoms with Crippen molar-refractivity contribution < 1.29 is 14.3 Å². The summed E-state index contributed by atoms with van der Waals surface area (Å²) in [5.41, 5.74) is -0.260. The zero-order valence-electron chi connectivity index (χ0n) is 14.9. The molecule has 1 aliphatic rings. The van der Waals surface area contributed by atoms with E-state index in [4.69, 9.17) is 4.74 Å². The van der Waals surface area contributed by atoms with Gasteiger partial charge in [-0.3, -0.25) is 9.59 Å². The fourth-order valence-corrected chi connectivity index (χ4v) is 2.52. The molecule has 1 rings (SSSR count). The maximum Gasteiger partial charge on any atom is 0.308 e. The number of carbonyl (C=O) groups is 2. The van der Waals surface area contributed by atoms with Crippen LogP contribution in [0.5, 0.6) is 0 Å². The standard InChI is InChI=1S/C16H30N4O3/c1-6-17-15(18-11-13(21)19-16(2,3)4)20-9-7-12(8-10-20)14(22)23-5/h12H,6-11H2,1-5H3,(H,17,18)(H,19,21). The van der Waals surface area contributed by atoms with E-state index in [2.05, 4.69) is 20.5 Å². The lowest BCUT2D eigenvalue weighted by Gasteiger charge is -2.33. The van der Waals surface area contributed by atoms with Crippen LogP contribution in [0.4, 0.5) is 0 Å². The molecule has 1 fully saturated rings. The summed E-state index contributed by atoms with van der Waals surface area (Å²) < 4.78 is 4.80. The number of ether oxygens (including phenoxy) is 1. The largest absolute Gasteiger partial charge is 0.469 e. The van der Waals surface area contributed by atoms with Crippen LogP contribution in [0.25, 0.3) is 0 Å². The maximum atomic E-state index is 11.9. The molecular formula is C16H30N4O3. The van der Waals surface area contributed by atoms with E-state index in [9.17, 15) is 9.59 Å². The van der Waals surface area contributed by atoms with E-state index in [1.54, 1.807) is 0 Å². The first-order valence-electron chi connectivity index (χ1n) is 8.19. The molecule has 0 spiro atoms. The topological polar surface area (TPSA) is 83.0 Å². The molecule has 0 aromatic heterocycles. The van der Waals surface area contributed by atoms with Crippen LogP contribution in [0.3, 0.4) is 0 Å². The Labute approximate surface area is 138 Å². The summed E-state index contributed by atoms with van der Waals surface area (Å²) in [4.78, 5) is 30.0. The lowest BCUT2D eigenvalue weighted by atomic mass is 9.97. The Bertz CT molecular complexity index is 435. The minimum Gasteiger partial charge on any atom is -0.469 e. The highest BCUT2D eigenvalue weighted by molar-refractivity contribution is 5.85. The van der Waals surface area contributed by atoms with E-state index in [1.165, 1.54) is 7.11 Å². The van der Waals surface area contributed by atoms with Gasteiger partial charge in [0.15, 0.2) is 5.96 Å². The highest BCUT2D eigenvalue weighted by Crippen LogP contribution is 2.18. The van der Waals surface area contributed by atoms with Crippen molar-refractivity contribution >= 4 is 17.8 Å². The molecule has 1 aliphatic heterocycles. The van der Waals surface area contributed by atoms with Crippen molar-refractivity contribution in [2.45, 2.75) is 46.1 Å². The van der Waals surface area contributed by atoms with Crippen LogP contribution < -0.4 is 10.6 Å². The van der Waals surface area contributed by atoms with E-state index in [-0.39, 0.29) is 29.9 Å². The molecule has 0 atom stereocenters. The second-order valence-corrected chi connectivity index (χ2v) is 6.75. The zero-order valence-corrected chi connectivity index (χ0v) is 14.9. The van der Waals surface area contributed by atoms with Crippen LogP contribution in [0.1, 0.15) is 40.5 Å². The Morgan fingerprint density at radius 1 is 1.26 bits per heavy atom. The van der Waals surface area contributed by atoms with Crippen molar-refractivity contribution in [3.8, 4) is 0 Å². The van der Waals surface area contributed by atoms with Gasteiger partial charge in [-0.25, -0.2) is 4.99 Å². The Balaban J connectivity index is 2.60. The number of hydrogen-bond donors (Lipinski definition) is 2. The Hall–Kier alpha value is -1.79. The molecule has 0 aliphatic carbocycles. The number of aliphatic imine (C=N–C) groups is 1. The summed E-state index contributed by atoms with van der Waals surface area (Å²) in [5, 5.41) is 6.10. The molecule has 1 heterocycles. The first kappa shape index (κ1) is 19.3. The van der Waals surface area contributed by atoms with Crippen molar-refractivity contribution in [2.24, 2.45) is 10.9 Å². The first-order chi connectivity index (χ1) is 10.8. The smallest absolute Gasteiger partial charge is 0.308 e. The fraction of sp³-hybridized carbons (Fsp3) is 0.812. The molecule has 1 saturated heterocycles. The van der Waals surface area contributed by atoms with Crippen LogP contribution in [0.2, 0.25) is 0 Å². The molecule has 0 saturated carbocycles. The van der Waals surface area contributed by atoms with Crippen molar-refractivity contribution in [1.82, 2.24) is 15.5 Å². The molecule has 0 radical (unpaired) electrons. The average Bonchev–Trinajstić information content (AvgIpc) is 2.49. The van der Waals surface area contributed by atoms with Gasteiger partial charge in [0.2, 0.25) is 5.91 Å². The third-order valence-corrected chi connectivity index (χ3v) is 3.55. The van der Waals surface area contributed by atoms with Crippen molar-refractivity contribution in [3.05, 3.63) is 0 Å². The first-order valence-corrected chi connectivity index (χ1v) is 8.19. The molecule has 7 heteroatoms. The highest BCUT2D eigenvalue weighted by Gasteiger charge is 2.27.